The molecular formula is C33H43NO2. The molecular weight excluding hydrogens is 442 g/mol. The standard InChI is InChI=1S/C20H23NO.C13H20O/c1-3-14-20(16-10-6-5-7-11-16)17-12-8-9-13-18(17)21(15-4-2)19(20)22;1-3-10-13(14,11-4-2)12-8-6-5-7-9-12/h5-13H,3-4,14-15H2,1-2H3;5-9,14H,3-4,10-11H2,1-2H3. The average Bonchev–Trinajstić information content (AvgIpc) is 3.14. The number of rotatable bonds is 10. The molecule has 1 amide bonds. The van der Waals surface area contributed by atoms with E-state index in [1.807, 2.05) is 59.5 Å². The van der Waals surface area contributed by atoms with E-state index in [2.05, 4.69) is 58.0 Å². The molecule has 3 heteroatoms. The fourth-order valence-electron chi connectivity index (χ4n) is 5.72. The summed E-state index contributed by atoms with van der Waals surface area (Å²) in [6.07, 6.45) is 6.55. The maximum absolute atomic E-state index is 13.4. The molecule has 0 saturated heterocycles. The summed E-state index contributed by atoms with van der Waals surface area (Å²) in [5, 5.41) is 10.5. The summed E-state index contributed by atoms with van der Waals surface area (Å²) in [7, 11) is 0. The van der Waals surface area contributed by atoms with Crippen LogP contribution < -0.4 is 4.90 Å². The number of hydrogen-bond acceptors (Lipinski definition) is 2. The summed E-state index contributed by atoms with van der Waals surface area (Å²) in [6.45, 7) is 9.29. The van der Waals surface area contributed by atoms with Crippen LogP contribution in [0, 0.1) is 0 Å². The highest BCUT2D eigenvalue weighted by molar-refractivity contribution is 6.10. The van der Waals surface area contributed by atoms with Gasteiger partial charge in [0.15, 0.2) is 0 Å². The maximum Gasteiger partial charge on any atom is 0.242 e. The SMILES string of the molecule is CCCC(O)(CCC)c1ccccc1.CCCN1C(=O)C(CCC)(c2ccccc2)c2ccccc21. The Morgan fingerprint density at radius 2 is 1.28 bits per heavy atom. The van der Waals surface area contributed by atoms with E-state index >= 15 is 0 Å². The number of hydrogen-bond donors (Lipinski definition) is 1. The molecule has 1 aliphatic rings. The Morgan fingerprint density at radius 1 is 0.722 bits per heavy atom. The number of aliphatic hydroxyl groups is 1. The first-order valence-corrected chi connectivity index (χ1v) is 13.7. The van der Waals surface area contributed by atoms with Crippen LogP contribution >= 0.6 is 0 Å². The van der Waals surface area contributed by atoms with Crippen molar-refractivity contribution in [3.8, 4) is 0 Å². The Balaban J connectivity index is 0.000000223. The third-order valence-corrected chi connectivity index (χ3v) is 7.24. The maximum atomic E-state index is 13.4. The van der Waals surface area contributed by atoms with E-state index < -0.39 is 11.0 Å². The highest BCUT2D eigenvalue weighted by atomic mass is 16.3. The van der Waals surface area contributed by atoms with Gasteiger partial charge in [-0.1, -0.05) is 126 Å². The average molecular weight is 486 g/mol. The van der Waals surface area contributed by atoms with Gasteiger partial charge >= 0.3 is 0 Å². The minimum atomic E-state index is -0.606. The lowest BCUT2D eigenvalue weighted by Crippen LogP contribution is -2.41. The number of amides is 1. The Hall–Kier alpha value is -2.91. The molecule has 3 aromatic rings. The number of anilines is 1. The van der Waals surface area contributed by atoms with Gasteiger partial charge in [-0.15, -0.1) is 0 Å². The molecule has 0 saturated carbocycles. The van der Waals surface area contributed by atoms with Gasteiger partial charge in [0, 0.05) is 12.2 Å². The van der Waals surface area contributed by atoms with Gasteiger partial charge in [-0.3, -0.25) is 4.79 Å². The van der Waals surface area contributed by atoms with Gasteiger partial charge in [0.25, 0.3) is 0 Å². The van der Waals surface area contributed by atoms with Crippen molar-refractivity contribution in [1.82, 2.24) is 0 Å². The number of carbonyl (C=O) groups excluding carboxylic acids is 1. The zero-order valence-corrected chi connectivity index (χ0v) is 22.5. The molecule has 36 heavy (non-hydrogen) atoms. The van der Waals surface area contributed by atoms with Crippen molar-refractivity contribution in [2.75, 3.05) is 11.4 Å². The van der Waals surface area contributed by atoms with Crippen LogP contribution in [0.3, 0.4) is 0 Å². The van der Waals surface area contributed by atoms with E-state index in [-0.39, 0.29) is 5.91 Å². The van der Waals surface area contributed by atoms with E-state index in [4.69, 9.17) is 0 Å². The molecule has 0 aliphatic carbocycles. The third kappa shape index (κ3) is 5.57. The van der Waals surface area contributed by atoms with Gasteiger partial charge in [0.05, 0.1) is 5.60 Å². The molecule has 1 N–H and O–H groups in total. The topological polar surface area (TPSA) is 40.5 Å². The van der Waals surface area contributed by atoms with Crippen molar-refractivity contribution < 1.29 is 9.90 Å². The first-order valence-electron chi connectivity index (χ1n) is 13.7. The minimum Gasteiger partial charge on any atom is -0.385 e. The van der Waals surface area contributed by atoms with Crippen molar-refractivity contribution in [2.24, 2.45) is 0 Å². The number of carbonyl (C=O) groups is 1. The Bertz CT molecular complexity index is 1070. The summed E-state index contributed by atoms with van der Waals surface area (Å²) >= 11 is 0. The molecule has 0 bridgehead atoms. The van der Waals surface area contributed by atoms with Gasteiger partial charge in [0.1, 0.15) is 5.41 Å². The number of benzene rings is 3. The summed E-state index contributed by atoms with van der Waals surface area (Å²) in [5.41, 5.74) is 3.32. The lowest BCUT2D eigenvalue weighted by atomic mass is 9.72. The van der Waals surface area contributed by atoms with Crippen LogP contribution in [0.5, 0.6) is 0 Å². The lowest BCUT2D eigenvalue weighted by molar-refractivity contribution is -0.122. The Kier molecular flexibility index (Phi) is 9.89. The molecule has 1 unspecified atom stereocenters. The van der Waals surface area contributed by atoms with Gasteiger partial charge in [0.2, 0.25) is 5.91 Å². The van der Waals surface area contributed by atoms with E-state index in [1.165, 1.54) is 5.56 Å². The van der Waals surface area contributed by atoms with E-state index in [0.29, 0.717) is 0 Å². The summed E-state index contributed by atoms with van der Waals surface area (Å²) in [4.78, 5) is 15.4. The molecule has 1 heterocycles. The molecule has 1 atom stereocenters. The monoisotopic (exact) mass is 485 g/mol. The smallest absolute Gasteiger partial charge is 0.242 e. The van der Waals surface area contributed by atoms with Crippen LogP contribution in [-0.2, 0) is 15.8 Å². The van der Waals surface area contributed by atoms with Crippen molar-refractivity contribution >= 4 is 11.6 Å². The minimum absolute atomic E-state index is 0.239. The molecule has 0 radical (unpaired) electrons. The number of fused-ring (bicyclic) bond motifs is 1. The second-order valence-electron chi connectivity index (χ2n) is 9.89. The number of nitrogens with zero attached hydrogens (tertiary/aromatic N) is 1. The normalized spacial score (nSPS) is 16.9. The molecule has 192 valence electrons. The van der Waals surface area contributed by atoms with Crippen LogP contribution in [0.4, 0.5) is 5.69 Å². The molecule has 0 spiro atoms. The second kappa shape index (κ2) is 12.9. The molecule has 0 fully saturated rings. The molecule has 0 aromatic heterocycles. The summed E-state index contributed by atoms with van der Waals surface area (Å²) < 4.78 is 0. The van der Waals surface area contributed by atoms with Gasteiger partial charge in [-0.05, 0) is 48.4 Å². The first-order chi connectivity index (χ1) is 17.5. The van der Waals surface area contributed by atoms with Crippen molar-refractivity contribution in [3.63, 3.8) is 0 Å². The molecule has 3 aromatic carbocycles. The Morgan fingerprint density at radius 3 is 1.83 bits per heavy atom. The lowest BCUT2D eigenvalue weighted by Gasteiger charge is -2.29. The quantitative estimate of drug-likeness (QED) is 0.316. The third-order valence-electron chi connectivity index (χ3n) is 7.24. The van der Waals surface area contributed by atoms with E-state index in [1.54, 1.807) is 0 Å². The van der Waals surface area contributed by atoms with Crippen molar-refractivity contribution in [3.05, 3.63) is 102 Å². The fraction of sp³-hybridized carbons (Fsp3) is 0.424. The molecule has 3 nitrogen and oxygen atoms in total. The van der Waals surface area contributed by atoms with Gasteiger partial charge < -0.3 is 10.0 Å². The van der Waals surface area contributed by atoms with Crippen LogP contribution in [0.25, 0.3) is 0 Å². The molecule has 4 rings (SSSR count). The summed E-state index contributed by atoms with van der Waals surface area (Å²) in [5.74, 6) is 0.239. The second-order valence-corrected chi connectivity index (χ2v) is 9.89. The Labute approximate surface area is 218 Å². The zero-order valence-electron chi connectivity index (χ0n) is 22.5. The predicted molar refractivity (Wildman–Crippen MR) is 151 cm³/mol. The van der Waals surface area contributed by atoms with E-state index in [9.17, 15) is 9.90 Å². The van der Waals surface area contributed by atoms with Crippen molar-refractivity contribution in [2.45, 2.75) is 83.7 Å². The van der Waals surface area contributed by atoms with Crippen LogP contribution in [0.15, 0.2) is 84.9 Å². The van der Waals surface area contributed by atoms with Crippen LogP contribution in [0.2, 0.25) is 0 Å². The first kappa shape index (κ1) is 27.7. The van der Waals surface area contributed by atoms with E-state index in [0.717, 1.165) is 68.3 Å². The van der Waals surface area contributed by atoms with Gasteiger partial charge in [-0.2, -0.15) is 0 Å². The molecule has 1 aliphatic heterocycles. The predicted octanol–water partition coefficient (Wildman–Crippen LogP) is 8.00. The zero-order chi connectivity index (χ0) is 26.0. The largest absolute Gasteiger partial charge is 0.385 e. The fourth-order valence-corrected chi connectivity index (χ4v) is 5.72. The number of para-hydroxylation sites is 1. The highest BCUT2D eigenvalue weighted by Crippen LogP contribution is 2.48. The highest BCUT2D eigenvalue weighted by Gasteiger charge is 2.50. The van der Waals surface area contributed by atoms with Gasteiger partial charge in [-0.25, -0.2) is 0 Å². The van der Waals surface area contributed by atoms with Crippen LogP contribution in [-0.4, -0.2) is 17.6 Å². The van der Waals surface area contributed by atoms with Crippen LogP contribution in [0.1, 0.15) is 89.3 Å². The summed E-state index contributed by atoms with van der Waals surface area (Å²) in [6, 6.07) is 28.6. The van der Waals surface area contributed by atoms with Crippen molar-refractivity contribution in [1.29, 1.82) is 0 Å².